The molecule has 0 saturated heterocycles. The summed E-state index contributed by atoms with van der Waals surface area (Å²) in [6, 6.07) is 50.1. The van der Waals surface area contributed by atoms with Crippen LogP contribution in [0.1, 0.15) is 53.9 Å². The molecule has 0 bridgehead atoms. The van der Waals surface area contributed by atoms with Gasteiger partial charge in [0, 0.05) is 5.41 Å². The molecule has 0 saturated carbocycles. The topological polar surface area (TPSA) is 38.0 Å². The van der Waals surface area contributed by atoms with Gasteiger partial charge in [-0.05, 0) is 89.5 Å². The zero-order chi connectivity index (χ0) is 30.5. The van der Waals surface area contributed by atoms with E-state index in [2.05, 4.69) is 153 Å². The Labute approximate surface area is 264 Å². The predicted octanol–water partition coefficient (Wildman–Crippen LogP) is 10.5. The van der Waals surface area contributed by atoms with Crippen LogP contribution in [0.4, 0.5) is 0 Å². The summed E-state index contributed by atoms with van der Waals surface area (Å²) in [5, 5.41) is 11.3. The normalized spacial score (nSPS) is 15.0. The van der Waals surface area contributed by atoms with Crippen molar-refractivity contribution >= 4 is 38.4 Å². The Bertz CT molecular complexity index is 2240. The van der Waals surface area contributed by atoms with Gasteiger partial charge in [0.25, 0.3) is 0 Å². The van der Waals surface area contributed by atoms with Crippen molar-refractivity contribution in [1.82, 2.24) is 5.32 Å². The van der Waals surface area contributed by atoms with Crippen LogP contribution in [0.3, 0.4) is 0 Å². The molecule has 2 atom stereocenters. The fourth-order valence-corrected chi connectivity index (χ4v) is 7.38. The molecule has 0 radical (unpaired) electrons. The number of rotatable bonds is 6. The molecule has 3 N–H and O–H groups in total. The number of nitrogens with one attached hydrogen (secondary N) is 1. The van der Waals surface area contributed by atoms with Crippen molar-refractivity contribution in [2.24, 2.45) is 5.73 Å². The van der Waals surface area contributed by atoms with Gasteiger partial charge in [-0.2, -0.15) is 0 Å². The van der Waals surface area contributed by atoms with Crippen LogP contribution in [0.2, 0.25) is 0 Å². The molecule has 0 heterocycles. The first-order valence-corrected chi connectivity index (χ1v) is 15.8. The molecule has 0 aromatic heterocycles. The third-order valence-corrected chi connectivity index (χ3v) is 9.72. The summed E-state index contributed by atoms with van der Waals surface area (Å²) >= 11 is 0. The van der Waals surface area contributed by atoms with Gasteiger partial charge in [-0.3, -0.25) is 5.32 Å². The molecular formula is C43H36N2. The summed E-state index contributed by atoms with van der Waals surface area (Å²) in [6.07, 6.45) is 4.28. The van der Waals surface area contributed by atoms with E-state index in [9.17, 15) is 0 Å². The lowest BCUT2D eigenvalue weighted by Gasteiger charge is -2.24. The molecule has 218 valence electrons. The van der Waals surface area contributed by atoms with Crippen LogP contribution in [0, 0.1) is 0 Å². The van der Waals surface area contributed by atoms with Crippen LogP contribution in [-0.4, -0.2) is 0 Å². The molecule has 7 aromatic rings. The second kappa shape index (κ2) is 10.9. The highest BCUT2D eigenvalue weighted by Gasteiger charge is 2.36. The Morgan fingerprint density at radius 1 is 0.600 bits per heavy atom. The molecular weight excluding hydrogens is 544 g/mol. The third-order valence-electron chi connectivity index (χ3n) is 9.72. The number of benzene rings is 7. The molecule has 0 aliphatic heterocycles. The van der Waals surface area contributed by atoms with E-state index < -0.39 is 0 Å². The monoisotopic (exact) mass is 580 g/mol. The van der Waals surface area contributed by atoms with Crippen molar-refractivity contribution < 1.29 is 0 Å². The van der Waals surface area contributed by atoms with Crippen LogP contribution in [0.5, 0.6) is 0 Å². The third kappa shape index (κ3) is 4.66. The van der Waals surface area contributed by atoms with Crippen LogP contribution in [0.15, 0.2) is 146 Å². The number of nitrogens with two attached hydrogens (primary N) is 1. The molecule has 1 aliphatic rings. The van der Waals surface area contributed by atoms with Gasteiger partial charge in [-0.15, -0.1) is 0 Å². The van der Waals surface area contributed by atoms with Crippen molar-refractivity contribution in [2.75, 3.05) is 0 Å². The lowest BCUT2D eigenvalue weighted by Crippen LogP contribution is -2.31. The highest BCUT2D eigenvalue weighted by Crippen LogP contribution is 2.51. The minimum atomic E-state index is -0.335. The molecule has 0 amide bonds. The highest BCUT2D eigenvalue weighted by atomic mass is 15.0. The predicted molar refractivity (Wildman–Crippen MR) is 191 cm³/mol. The van der Waals surface area contributed by atoms with Crippen LogP contribution >= 0.6 is 0 Å². The van der Waals surface area contributed by atoms with Crippen molar-refractivity contribution in [2.45, 2.75) is 31.5 Å². The summed E-state index contributed by atoms with van der Waals surface area (Å²) in [5.74, 6) is 0. The summed E-state index contributed by atoms with van der Waals surface area (Å²) < 4.78 is 0. The molecule has 0 fully saturated rings. The lowest BCUT2D eigenvalue weighted by atomic mass is 9.81. The average Bonchev–Trinajstić information content (AvgIpc) is 3.31. The first-order chi connectivity index (χ1) is 22.0. The zero-order valence-electron chi connectivity index (χ0n) is 25.7. The van der Waals surface area contributed by atoms with E-state index in [-0.39, 0.29) is 17.6 Å². The Kier molecular flexibility index (Phi) is 6.64. The minimum Gasteiger partial charge on any atom is -0.312 e. The maximum Gasteiger partial charge on any atom is 0.0817 e. The van der Waals surface area contributed by atoms with Crippen molar-refractivity contribution in [3.8, 4) is 11.1 Å². The van der Waals surface area contributed by atoms with Gasteiger partial charge in [0.05, 0.1) is 12.2 Å². The molecule has 45 heavy (non-hydrogen) atoms. The van der Waals surface area contributed by atoms with E-state index in [0.717, 1.165) is 5.56 Å². The first kappa shape index (κ1) is 27.5. The highest BCUT2D eigenvalue weighted by molar-refractivity contribution is 6.09. The smallest absolute Gasteiger partial charge is 0.0817 e. The van der Waals surface area contributed by atoms with Gasteiger partial charge in [0.1, 0.15) is 0 Å². The average molecular weight is 581 g/mol. The van der Waals surface area contributed by atoms with Crippen molar-refractivity contribution in [3.05, 3.63) is 173 Å². The molecule has 2 heteroatoms. The Morgan fingerprint density at radius 2 is 1.24 bits per heavy atom. The molecule has 2 unspecified atom stereocenters. The molecule has 1 aliphatic carbocycles. The number of fused-ring (bicyclic) bond motifs is 7. The lowest BCUT2D eigenvalue weighted by molar-refractivity contribution is 0.511. The largest absolute Gasteiger partial charge is 0.312 e. The number of hydrogen-bond acceptors (Lipinski definition) is 2. The van der Waals surface area contributed by atoms with Crippen LogP contribution in [0.25, 0.3) is 49.5 Å². The maximum atomic E-state index is 6.86. The summed E-state index contributed by atoms with van der Waals surface area (Å²) in [6.45, 7) is 4.70. The maximum absolute atomic E-state index is 6.86. The van der Waals surface area contributed by atoms with Gasteiger partial charge < -0.3 is 5.73 Å². The van der Waals surface area contributed by atoms with Crippen molar-refractivity contribution in [1.29, 1.82) is 0 Å². The van der Waals surface area contributed by atoms with E-state index in [1.54, 1.807) is 0 Å². The second-order valence-electron chi connectivity index (χ2n) is 12.8. The van der Waals surface area contributed by atoms with Gasteiger partial charge in [-0.1, -0.05) is 147 Å². The van der Waals surface area contributed by atoms with Gasteiger partial charge in [-0.25, -0.2) is 0 Å². The van der Waals surface area contributed by atoms with Crippen LogP contribution < -0.4 is 11.1 Å². The molecule has 7 aromatic carbocycles. The Balaban J connectivity index is 1.29. The standard InChI is InChI=1S/C43H36N2/c1-43(2)38-22-12-18-28(41(38)37-25-30-15-6-7-16-31(30)27-39(37)43)23-24-40(45-42(44)29-13-4-3-5-14-29)36-26-32-17-8-9-19-33(32)34-20-10-11-21-35(34)36/h3-27,40,42,45H,44H2,1-2H3/b24-23+. The number of hydrogen-bond donors (Lipinski definition) is 2. The molecule has 2 nitrogen and oxygen atoms in total. The summed E-state index contributed by atoms with van der Waals surface area (Å²) in [7, 11) is 0. The van der Waals surface area contributed by atoms with E-state index in [0.29, 0.717) is 0 Å². The van der Waals surface area contributed by atoms with Gasteiger partial charge in [0.15, 0.2) is 0 Å². The molecule has 8 rings (SSSR count). The Morgan fingerprint density at radius 3 is 2.02 bits per heavy atom. The first-order valence-electron chi connectivity index (χ1n) is 15.8. The van der Waals surface area contributed by atoms with Gasteiger partial charge in [0.2, 0.25) is 0 Å². The van der Waals surface area contributed by atoms with E-state index in [1.807, 2.05) is 18.2 Å². The van der Waals surface area contributed by atoms with Crippen LogP contribution in [-0.2, 0) is 5.41 Å². The Hall–Kier alpha value is -5.02. The SMILES string of the molecule is CC1(C)c2cc3ccccc3cc2-c2c(/C=C/C(NC(N)c3ccccc3)c3cc4ccccc4c4ccccc34)cccc21. The fraction of sp³-hybridized carbons (Fsp3) is 0.116. The molecule has 0 spiro atoms. The van der Waals surface area contributed by atoms with Gasteiger partial charge >= 0.3 is 0 Å². The van der Waals surface area contributed by atoms with Crippen molar-refractivity contribution in [3.63, 3.8) is 0 Å². The fourth-order valence-electron chi connectivity index (χ4n) is 7.38. The summed E-state index contributed by atoms with van der Waals surface area (Å²) in [4.78, 5) is 0. The zero-order valence-corrected chi connectivity index (χ0v) is 25.7. The minimum absolute atomic E-state index is 0.0829. The quantitative estimate of drug-likeness (QED) is 0.152. The van der Waals surface area contributed by atoms with E-state index >= 15 is 0 Å². The second-order valence-corrected chi connectivity index (χ2v) is 12.8. The van der Waals surface area contributed by atoms with E-state index in [4.69, 9.17) is 5.73 Å². The van der Waals surface area contributed by atoms with E-state index in [1.165, 1.54) is 65.7 Å². The summed E-state index contributed by atoms with van der Waals surface area (Å²) in [5.41, 5.74) is 15.7.